The molecule has 0 unspecified atom stereocenters. The van der Waals surface area contributed by atoms with E-state index >= 15 is 0 Å². The van der Waals surface area contributed by atoms with Crippen molar-refractivity contribution in [3.8, 4) is 0 Å². The topological polar surface area (TPSA) is 29.1 Å². The van der Waals surface area contributed by atoms with Gasteiger partial charge < -0.3 is 5.32 Å². The van der Waals surface area contributed by atoms with E-state index in [4.69, 9.17) is 0 Å². The van der Waals surface area contributed by atoms with E-state index < -0.39 is 11.5 Å². The number of para-hydroxylation sites is 1. The second kappa shape index (κ2) is 5.65. The van der Waals surface area contributed by atoms with Gasteiger partial charge in [0, 0.05) is 11.3 Å². The molecule has 98 valence electrons. The molecular weight excluding hydrogens is 241 g/mol. The predicted octanol–water partition coefficient (Wildman–Crippen LogP) is 3.71. The number of anilines is 1. The lowest BCUT2D eigenvalue weighted by Crippen LogP contribution is -2.37. The van der Waals surface area contributed by atoms with Crippen molar-refractivity contribution in [3.63, 3.8) is 0 Å². The summed E-state index contributed by atoms with van der Waals surface area (Å²) in [5.41, 5.74) is -0.744. The van der Waals surface area contributed by atoms with Crippen molar-refractivity contribution < 1.29 is 9.18 Å². The zero-order chi connectivity index (χ0) is 13.7. The number of rotatable bonds is 5. The summed E-state index contributed by atoms with van der Waals surface area (Å²) in [5.74, 6) is -0.503. The predicted molar refractivity (Wildman–Crippen MR) is 75.2 cm³/mol. The lowest BCUT2D eigenvalue weighted by Gasteiger charge is -2.20. The normalized spacial score (nSPS) is 13.6. The van der Waals surface area contributed by atoms with Crippen molar-refractivity contribution in [2.24, 2.45) is 0 Å². The van der Waals surface area contributed by atoms with Crippen molar-refractivity contribution in [2.45, 2.75) is 12.6 Å². The number of alkyl halides is 1. The third kappa shape index (κ3) is 3.41. The zero-order valence-electron chi connectivity index (χ0n) is 10.8. The minimum atomic E-state index is -1.93. The summed E-state index contributed by atoms with van der Waals surface area (Å²) in [5, 5.41) is 2.94. The Kier molecular flexibility index (Phi) is 3.95. The van der Waals surface area contributed by atoms with E-state index in [1.54, 1.807) is 30.3 Å². The Morgan fingerprint density at radius 1 is 1.05 bits per heavy atom. The number of carbonyl (C=O) groups is 1. The van der Waals surface area contributed by atoms with Crippen LogP contribution in [0.25, 0.3) is 0 Å². The van der Waals surface area contributed by atoms with Crippen LogP contribution >= 0.6 is 0 Å². The molecule has 0 saturated heterocycles. The van der Waals surface area contributed by atoms with Gasteiger partial charge in [-0.15, -0.1) is 0 Å². The maximum atomic E-state index is 14.4. The molecule has 0 bridgehead atoms. The van der Waals surface area contributed by atoms with Crippen LogP contribution < -0.4 is 5.32 Å². The first kappa shape index (κ1) is 13.3. The average Bonchev–Trinajstić information content (AvgIpc) is 2.46. The molecule has 0 aliphatic carbocycles. The highest BCUT2D eigenvalue weighted by Crippen LogP contribution is 2.19. The Morgan fingerprint density at radius 3 is 2.16 bits per heavy atom. The highest BCUT2D eigenvalue weighted by molar-refractivity contribution is 6.02. The van der Waals surface area contributed by atoms with E-state index in [-0.39, 0.29) is 6.54 Å². The molecule has 2 aromatic rings. The number of hydrogen-bond donors (Lipinski definition) is 1. The number of carbonyl (C=O) groups excluding carboxylic acids is 1. The van der Waals surface area contributed by atoms with Crippen LogP contribution in [0.2, 0.25) is 0 Å². The first-order valence-electron chi connectivity index (χ1n) is 6.17. The maximum Gasteiger partial charge on any atom is 0.201 e. The molecule has 19 heavy (non-hydrogen) atoms. The van der Waals surface area contributed by atoms with Gasteiger partial charge >= 0.3 is 0 Å². The first-order chi connectivity index (χ1) is 9.09. The second-order valence-corrected chi connectivity index (χ2v) is 4.61. The largest absolute Gasteiger partial charge is 0.381 e. The quantitative estimate of drug-likeness (QED) is 0.827. The van der Waals surface area contributed by atoms with Gasteiger partial charge in [-0.1, -0.05) is 48.5 Å². The summed E-state index contributed by atoms with van der Waals surface area (Å²) in [6.07, 6.45) is 0. The van der Waals surface area contributed by atoms with Crippen LogP contribution in [0.5, 0.6) is 0 Å². The molecule has 1 atom stereocenters. The van der Waals surface area contributed by atoms with Gasteiger partial charge in [-0.3, -0.25) is 4.79 Å². The van der Waals surface area contributed by atoms with Gasteiger partial charge in [0.05, 0.1) is 6.54 Å². The van der Waals surface area contributed by atoms with Crippen LogP contribution in [0.3, 0.4) is 0 Å². The number of halogens is 1. The van der Waals surface area contributed by atoms with E-state index in [9.17, 15) is 9.18 Å². The number of benzene rings is 2. The Morgan fingerprint density at radius 2 is 1.58 bits per heavy atom. The molecule has 1 N–H and O–H groups in total. The van der Waals surface area contributed by atoms with Crippen molar-refractivity contribution >= 4 is 11.5 Å². The standard InChI is InChI=1S/C16H16FNO/c1-16(17,12-18-14-10-6-3-7-11-14)15(19)13-8-4-2-5-9-13/h2-11,18H,12H2,1H3/t16-/m1/s1. The fraction of sp³-hybridized carbons (Fsp3) is 0.188. The van der Waals surface area contributed by atoms with Crippen LogP contribution in [-0.2, 0) is 0 Å². The highest BCUT2D eigenvalue weighted by atomic mass is 19.1. The molecule has 0 heterocycles. The van der Waals surface area contributed by atoms with Crippen molar-refractivity contribution in [1.29, 1.82) is 0 Å². The smallest absolute Gasteiger partial charge is 0.201 e. The van der Waals surface area contributed by atoms with Gasteiger partial charge in [0.15, 0.2) is 5.67 Å². The van der Waals surface area contributed by atoms with Gasteiger partial charge in [-0.25, -0.2) is 4.39 Å². The summed E-state index contributed by atoms with van der Waals surface area (Å²) in [7, 11) is 0. The van der Waals surface area contributed by atoms with Crippen molar-refractivity contribution in [3.05, 3.63) is 66.2 Å². The van der Waals surface area contributed by atoms with Gasteiger partial charge in [0.2, 0.25) is 5.78 Å². The third-order valence-corrected chi connectivity index (χ3v) is 2.91. The van der Waals surface area contributed by atoms with Crippen LogP contribution in [0.4, 0.5) is 10.1 Å². The molecule has 3 heteroatoms. The molecule has 0 radical (unpaired) electrons. The van der Waals surface area contributed by atoms with Crippen LogP contribution in [0.15, 0.2) is 60.7 Å². The monoisotopic (exact) mass is 257 g/mol. The molecule has 2 aromatic carbocycles. The van der Waals surface area contributed by atoms with Gasteiger partial charge in [0.25, 0.3) is 0 Å². The van der Waals surface area contributed by atoms with Crippen LogP contribution in [-0.4, -0.2) is 18.0 Å². The fourth-order valence-corrected chi connectivity index (χ4v) is 1.79. The average molecular weight is 257 g/mol. The van der Waals surface area contributed by atoms with Crippen molar-refractivity contribution in [1.82, 2.24) is 0 Å². The summed E-state index contributed by atoms with van der Waals surface area (Å²) < 4.78 is 14.4. The Hall–Kier alpha value is -2.16. The van der Waals surface area contributed by atoms with E-state index in [1.807, 2.05) is 30.3 Å². The van der Waals surface area contributed by atoms with E-state index in [0.717, 1.165) is 5.69 Å². The summed E-state index contributed by atoms with van der Waals surface area (Å²) >= 11 is 0. The van der Waals surface area contributed by atoms with Crippen LogP contribution in [0.1, 0.15) is 17.3 Å². The highest BCUT2D eigenvalue weighted by Gasteiger charge is 2.33. The third-order valence-electron chi connectivity index (χ3n) is 2.91. The lowest BCUT2D eigenvalue weighted by molar-refractivity contribution is 0.0749. The molecule has 0 aromatic heterocycles. The molecule has 0 amide bonds. The Bertz CT molecular complexity index is 537. The lowest BCUT2D eigenvalue weighted by atomic mass is 9.96. The minimum Gasteiger partial charge on any atom is -0.381 e. The minimum absolute atomic E-state index is 0.0509. The summed E-state index contributed by atoms with van der Waals surface area (Å²) in [6, 6.07) is 17.8. The Labute approximate surface area is 112 Å². The zero-order valence-corrected chi connectivity index (χ0v) is 10.8. The van der Waals surface area contributed by atoms with Gasteiger partial charge in [0.1, 0.15) is 0 Å². The van der Waals surface area contributed by atoms with E-state index in [2.05, 4.69) is 5.32 Å². The van der Waals surface area contributed by atoms with E-state index in [1.165, 1.54) is 6.92 Å². The molecule has 2 rings (SSSR count). The number of hydrogen-bond acceptors (Lipinski definition) is 2. The molecule has 0 aliphatic rings. The number of ketones is 1. The molecule has 0 fully saturated rings. The summed E-state index contributed by atoms with van der Waals surface area (Å²) in [6.45, 7) is 1.25. The van der Waals surface area contributed by atoms with Gasteiger partial charge in [-0.05, 0) is 19.1 Å². The molecule has 0 spiro atoms. The fourth-order valence-electron chi connectivity index (χ4n) is 1.79. The maximum absolute atomic E-state index is 14.4. The van der Waals surface area contributed by atoms with E-state index in [0.29, 0.717) is 5.56 Å². The molecular formula is C16H16FNO. The SMILES string of the molecule is C[C@@](F)(CNc1ccccc1)C(=O)c1ccccc1. The molecule has 0 saturated carbocycles. The summed E-state index contributed by atoms with van der Waals surface area (Å²) in [4.78, 5) is 12.1. The second-order valence-electron chi connectivity index (χ2n) is 4.61. The van der Waals surface area contributed by atoms with Crippen molar-refractivity contribution in [2.75, 3.05) is 11.9 Å². The Balaban J connectivity index is 2.04. The van der Waals surface area contributed by atoms with Gasteiger partial charge in [-0.2, -0.15) is 0 Å². The molecule has 0 aliphatic heterocycles. The number of Topliss-reactive ketones (excluding diaryl/α,β-unsaturated/α-hetero) is 1. The number of nitrogens with one attached hydrogen (secondary N) is 1. The molecule has 2 nitrogen and oxygen atoms in total. The van der Waals surface area contributed by atoms with Crippen LogP contribution in [0, 0.1) is 0 Å². The first-order valence-corrected chi connectivity index (χ1v) is 6.17.